The van der Waals surface area contributed by atoms with Gasteiger partial charge in [0.15, 0.2) is 5.13 Å². The second-order valence-corrected chi connectivity index (χ2v) is 6.45. The number of aromatic nitrogens is 2. The Morgan fingerprint density at radius 1 is 1.21 bits per heavy atom. The van der Waals surface area contributed by atoms with E-state index in [0.717, 1.165) is 30.8 Å². The molecule has 0 bridgehead atoms. The molecule has 2 aromatic heterocycles. The molecule has 1 N–H and O–H groups in total. The van der Waals surface area contributed by atoms with Gasteiger partial charge in [0.2, 0.25) is 0 Å². The molecule has 24 heavy (non-hydrogen) atoms. The number of nitrogens with zero attached hydrogens (tertiary/aromatic N) is 3. The van der Waals surface area contributed by atoms with Gasteiger partial charge in [-0.05, 0) is 36.6 Å². The number of para-hydroxylation sites is 1. The normalized spacial score (nSPS) is 13.4. The van der Waals surface area contributed by atoms with Gasteiger partial charge in [-0.3, -0.25) is 9.78 Å². The van der Waals surface area contributed by atoms with Gasteiger partial charge in [-0.25, -0.2) is 4.98 Å². The Morgan fingerprint density at radius 2 is 2.12 bits per heavy atom. The van der Waals surface area contributed by atoms with E-state index < -0.39 is 0 Å². The van der Waals surface area contributed by atoms with Crippen LogP contribution in [0.3, 0.4) is 0 Å². The van der Waals surface area contributed by atoms with E-state index in [0.29, 0.717) is 10.8 Å². The molecule has 5 nitrogen and oxygen atoms in total. The van der Waals surface area contributed by atoms with Crippen molar-refractivity contribution < 1.29 is 4.79 Å². The van der Waals surface area contributed by atoms with Gasteiger partial charge >= 0.3 is 0 Å². The summed E-state index contributed by atoms with van der Waals surface area (Å²) in [6.45, 7) is 0.735. The lowest BCUT2D eigenvalue weighted by Crippen LogP contribution is -2.35. The van der Waals surface area contributed by atoms with Gasteiger partial charge in [0.1, 0.15) is 5.69 Å². The van der Waals surface area contributed by atoms with E-state index in [2.05, 4.69) is 21.4 Å². The predicted octanol–water partition coefficient (Wildman–Crippen LogP) is 3.87. The maximum atomic E-state index is 12.9. The minimum absolute atomic E-state index is 0.0439. The van der Waals surface area contributed by atoms with Gasteiger partial charge in [-0.2, -0.15) is 0 Å². The van der Waals surface area contributed by atoms with Crippen molar-refractivity contribution in [2.24, 2.45) is 0 Å². The number of pyridine rings is 1. The highest BCUT2D eigenvalue weighted by Crippen LogP contribution is 2.29. The van der Waals surface area contributed by atoms with Gasteiger partial charge < -0.3 is 10.2 Å². The van der Waals surface area contributed by atoms with Crippen LogP contribution in [0.25, 0.3) is 0 Å². The zero-order valence-corrected chi connectivity index (χ0v) is 13.8. The number of thiazole rings is 1. The largest absolute Gasteiger partial charge is 0.330 e. The third-order valence-electron chi connectivity index (χ3n) is 3.99. The fourth-order valence-electron chi connectivity index (χ4n) is 2.87. The molecule has 0 saturated heterocycles. The Morgan fingerprint density at radius 3 is 3.00 bits per heavy atom. The number of carbonyl (C=O) groups is 1. The van der Waals surface area contributed by atoms with E-state index in [4.69, 9.17) is 0 Å². The molecule has 3 aromatic rings. The van der Waals surface area contributed by atoms with Crippen LogP contribution in [0.15, 0.2) is 54.2 Å². The summed E-state index contributed by atoms with van der Waals surface area (Å²) in [5.41, 5.74) is 3.56. The van der Waals surface area contributed by atoms with Crippen LogP contribution in [0.1, 0.15) is 22.5 Å². The van der Waals surface area contributed by atoms with E-state index in [9.17, 15) is 4.79 Å². The molecular formula is C18H16N4OS. The quantitative estimate of drug-likeness (QED) is 0.789. The van der Waals surface area contributed by atoms with Crippen molar-refractivity contribution in [1.29, 1.82) is 0 Å². The first-order valence-electron chi connectivity index (χ1n) is 7.83. The number of hydrogen-bond acceptors (Lipinski definition) is 5. The molecule has 120 valence electrons. The molecule has 1 aromatic carbocycles. The maximum Gasteiger partial charge on any atom is 0.277 e. The summed E-state index contributed by atoms with van der Waals surface area (Å²) in [5.74, 6) is -0.0439. The van der Waals surface area contributed by atoms with E-state index in [1.54, 1.807) is 17.8 Å². The van der Waals surface area contributed by atoms with Crippen molar-refractivity contribution in [2.75, 3.05) is 16.8 Å². The van der Waals surface area contributed by atoms with Crippen LogP contribution in [-0.4, -0.2) is 22.4 Å². The number of anilines is 3. The van der Waals surface area contributed by atoms with Crippen LogP contribution in [0.5, 0.6) is 0 Å². The Balaban J connectivity index is 1.56. The predicted molar refractivity (Wildman–Crippen MR) is 96.1 cm³/mol. The van der Waals surface area contributed by atoms with Crippen molar-refractivity contribution in [1.82, 2.24) is 9.97 Å². The van der Waals surface area contributed by atoms with E-state index in [1.807, 2.05) is 35.2 Å². The van der Waals surface area contributed by atoms with Crippen molar-refractivity contribution in [3.05, 3.63) is 65.4 Å². The molecule has 0 unspecified atom stereocenters. The van der Waals surface area contributed by atoms with E-state index >= 15 is 0 Å². The molecule has 3 heterocycles. The van der Waals surface area contributed by atoms with Crippen LogP contribution >= 0.6 is 11.3 Å². The lowest BCUT2D eigenvalue weighted by Gasteiger charge is -2.28. The summed E-state index contributed by atoms with van der Waals surface area (Å²) in [6.07, 6.45) is 5.44. The van der Waals surface area contributed by atoms with Gasteiger partial charge in [-0.15, -0.1) is 11.3 Å². The van der Waals surface area contributed by atoms with Gasteiger partial charge in [0, 0.05) is 23.8 Å². The van der Waals surface area contributed by atoms with Crippen LogP contribution in [0.4, 0.5) is 16.5 Å². The Kier molecular flexibility index (Phi) is 3.96. The van der Waals surface area contributed by atoms with Gasteiger partial charge in [-0.1, -0.05) is 18.2 Å². The Labute approximate surface area is 144 Å². The van der Waals surface area contributed by atoms with E-state index in [-0.39, 0.29) is 5.91 Å². The highest BCUT2D eigenvalue weighted by atomic mass is 32.1. The second kappa shape index (κ2) is 6.41. The Hall–Kier alpha value is -2.73. The molecule has 0 saturated carbocycles. The lowest BCUT2D eigenvalue weighted by atomic mass is 10.0. The fraction of sp³-hybridized carbons (Fsp3) is 0.167. The molecule has 1 aliphatic rings. The van der Waals surface area contributed by atoms with Crippen LogP contribution < -0.4 is 10.2 Å². The van der Waals surface area contributed by atoms with E-state index in [1.165, 1.54) is 16.9 Å². The number of nitrogens with one attached hydrogen (secondary N) is 1. The number of benzene rings is 1. The first kappa shape index (κ1) is 14.8. The molecule has 6 heteroatoms. The highest BCUT2D eigenvalue weighted by molar-refractivity contribution is 7.14. The number of aryl methyl sites for hydroxylation is 1. The zero-order valence-electron chi connectivity index (χ0n) is 13.0. The third kappa shape index (κ3) is 2.88. The van der Waals surface area contributed by atoms with Crippen molar-refractivity contribution in [3.8, 4) is 0 Å². The number of carbonyl (C=O) groups excluding carboxylic acids is 1. The summed E-state index contributed by atoms with van der Waals surface area (Å²) >= 11 is 1.42. The monoisotopic (exact) mass is 336 g/mol. The van der Waals surface area contributed by atoms with Crippen LogP contribution in [-0.2, 0) is 6.42 Å². The summed E-state index contributed by atoms with van der Waals surface area (Å²) in [5, 5.41) is 5.67. The second-order valence-electron chi connectivity index (χ2n) is 5.59. The number of amides is 1. The summed E-state index contributed by atoms with van der Waals surface area (Å²) in [4.78, 5) is 23.2. The lowest BCUT2D eigenvalue weighted by molar-refractivity contribution is 0.0981. The Bertz CT molecular complexity index is 862. The van der Waals surface area contributed by atoms with Gasteiger partial charge in [0.05, 0.1) is 11.9 Å². The first-order chi connectivity index (χ1) is 11.8. The zero-order chi connectivity index (χ0) is 16.4. The molecule has 1 amide bonds. The number of hydrogen-bond donors (Lipinski definition) is 1. The molecule has 0 fully saturated rings. The minimum atomic E-state index is -0.0439. The average Bonchev–Trinajstić information content (AvgIpc) is 3.10. The van der Waals surface area contributed by atoms with Crippen LogP contribution in [0, 0.1) is 0 Å². The topological polar surface area (TPSA) is 58.1 Å². The molecular weight excluding hydrogens is 320 g/mol. The standard InChI is InChI=1S/C18H16N4OS/c23-17(22-10-4-6-13-5-1-2-8-16(13)22)15-12-24-18(21-15)20-14-7-3-9-19-11-14/h1-3,5,7-9,11-12H,4,6,10H2,(H,20,21). The smallest absolute Gasteiger partial charge is 0.277 e. The third-order valence-corrected chi connectivity index (χ3v) is 4.75. The van der Waals surface area contributed by atoms with Crippen LogP contribution in [0.2, 0.25) is 0 Å². The minimum Gasteiger partial charge on any atom is -0.330 e. The van der Waals surface area contributed by atoms with Crippen molar-refractivity contribution >= 4 is 33.8 Å². The molecule has 0 aliphatic carbocycles. The molecule has 0 spiro atoms. The summed E-state index contributed by atoms with van der Waals surface area (Å²) in [7, 11) is 0. The SMILES string of the molecule is O=C(c1csc(Nc2cccnc2)n1)N1CCCc2ccccc21. The summed E-state index contributed by atoms with van der Waals surface area (Å²) in [6, 6.07) is 11.9. The number of rotatable bonds is 3. The molecule has 1 aliphatic heterocycles. The van der Waals surface area contributed by atoms with Gasteiger partial charge in [0.25, 0.3) is 5.91 Å². The fourth-order valence-corrected chi connectivity index (χ4v) is 3.58. The first-order valence-corrected chi connectivity index (χ1v) is 8.71. The molecule has 4 rings (SSSR count). The molecule has 0 atom stereocenters. The van der Waals surface area contributed by atoms with Crippen molar-refractivity contribution in [2.45, 2.75) is 12.8 Å². The molecule has 0 radical (unpaired) electrons. The average molecular weight is 336 g/mol. The summed E-state index contributed by atoms with van der Waals surface area (Å²) < 4.78 is 0. The number of fused-ring (bicyclic) bond motifs is 1. The van der Waals surface area contributed by atoms with Crippen molar-refractivity contribution in [3.63, 3.8) is 0 Å². The highest BCUT2D eigenvalue weighted by Gasteiger charge is 2.24. The maximum absolute atomic E-state index is 12.9.